The number of aromatic nitrogens is 2. The Morgan fingerprint density at radius 3 is 2.21 bits per heavy atom. The first-order valence-electron chi connectivity index (χ1n) is 7.68. The standard InChI is InChI=1S/C17H20N4O3/c1-4-24-17(23)12-5-7-13(8-6-12)18-14-9-10-15(21-20-14)19-16(22)11(2)3/h5-11H,4H2,1-3H3,(H,18,20)(H,19,21,22). The van der Waals surface area contributed by atoms with Crippen molar-refractivity contribution in [2.75, 3.05) is 17.2 Å². The van der Waals surface area contributed by atoms with E-state index in [2.05, 4.69) is 20.8 Å². The molecular weight excluding hydrogens is 308 g/mol. The van der Waals surface area contributed by atoms with Gasteiger partial charge in [0.15, 0.2) is 11.6 Å². The molecule has 7 nitrogen and oxygen atoms in total. The molecule has 0 aliphatic heterocycles. The summed E-state index contributed by atoms with van der Waals surface area (Å²) in [5.74, 6) is 0.342. The largest absolute Gasteiger partial charge is 0.462 e. The van der Waals surface area contributed by atoms with Crippen LogP contribution in [-0.4, -0.2) is 28.7 Å². The van der Waals surface area contributed by atoms with Gasteiger partial charge >= 0.3 is 5.97 Å². The molecule has 0 aliphatic carbocycles. The average Bonchev–Trinajstić information content (AvgIpc) is 2.57. The molecule has 0 bridgehead atoms. The molecule has 0 fully saturated rings. The minimum absolute atomic E-state index is 0.112. The highest BCUT2D eigenvalue weighted by atomic mass is 16.5. The molecule has 0 saturated carbocycles. The summed E-state index contributed by atoms with van der Waals surface area (Å²) in [6.07, 6.45) is 0. The van der Waals surface area contributed by atoms with E-state index in [1.54, 1.807) is 57.2 Å². The fourth-order valence-electron chi connectivity index (χ4n) is 1.79. The van der Waals surface area contributed by atoms with Gasteiger partial charge in [0, 0.05) is 11.6 Å². The van der Waals surface area contributed by atoms with Gasteiger partial charge in [0.25, 0.3) is 0 Å². The van der Waals surface area contributed by atoms with Crippen LogP contribution < -0.4 is 10.6 Å². The molecule has 0 unspecified atom stereocenters. The molecule has 7 heteroatoms. The lowest BCUT2D eigenvalue weighted by Gasteiger charge is -2.08. The van der Waals surface area contributed by atoms with E-state index in [9.17, 15) is 9.59 Å². The highest BCUT2D eigenvalue weighted by Crippen LogP contribution is 2.16. The zero-order valence-electron chi connectivity index (χ0n) is 13.9. The Kier molecular flexibility index (Phi) is 5.83. The molecule has 2 rings (SSSR count). The maximum absolute atomic E-state index is 11.6. The SMILES string of the molecule is CCOC(=O)c1ccc(Nc2ccc(NC(=O)C(C)C)nn2)cc1. The van der Waals surface area contributed by atoms with Crippen molar-refractivity contribution in [2.24, 2.45) is 5.92 Å². The number of carbonyl (C=O) groups is 2. The molecule has 0 aliphatic rings. The third kappa shape index (κ3) is 4.77. The summed E-state index contributed by atoms with van der Waals surface area (Å²) in [6.45, 7) is 5.71. The van der Waals surface area contributed by atoms with Crippen molar-refractivity contribution in [1.29, 1.82) is 0 Å². The number of rotatable bonds is 6. The summed E-state index contributed by atoms with van der Waals surface area (Å²) in [5.41, 5.74) is 1.25. The van der Waals surface area contributed by atoms with Gasteiger partial charge in [0.05, 0.1) is 12.2 Å². The van der Waals surface area contributed by atoms with E-state index >= 15 is 0 Å². The summed E-state index contributed by atoms with van der Waals surface area (Å²) >= 11 is 0. The molecule has 0 spiro atoms. The van der Waals surface area contributed by atoms with Crippen molar-refractivity contribution in [1.82, 2.24) is 10.2 Å². The van der Waals surface area contributed by atoms with Crippen LogP contribution in [0.25, 0.3) is 0 Å². The second-order valence-corrected chi connectivity index (χ2v) is 5.37. The van der Waals surface area contributed by atoms with Crippen molar-refractivity contribution < 1.29 is 14.3 Å². The van der Waals surface area contributed by atoms with E-state index in [1.165, 1.54) is 0 Å². The minimum atomic E-state index is -0.353. The highest BCUT2D eigenvalue weighted by molar-refractivity contribution is 5.91. The quantitative estimate of drug-likeness (QED) is 0.792. The van der Waals surface area contributed by atoms with Crippen LogP contribution in [0, 0.1) is 5.92 Å². The van der Waals surface area contributed by atoms with Crippen LogP contribution in [-0.2, 0) is 9.53 Å². The predicted octanol–water partition coefficient (Wildman–Crippen LogP) is 2.99. The number of carbonyl (C=O) groups excluding carboxylic acids is 2. The van der Waals surface area contributed by atoms with E-state index in [0.717, 1.165) is 5.69 Å². The third-order valence-electron chi connectivity index (χ3n) is 3.11. The number of nitrogens with one attached hydrogen (secondary N) is 2. The van der Waals surface area contributed by atoms with Crippen LogP contribution in [0.3, 0.4) is 0 Å². The number of esters is 1. The Morgan fingerprint density at radius 1 is 1.04 bits per heavy atom. The first-order chi connectivity index (χ1) is 11.5. The molecule has 1 amide bonds. The van der Waals surface area contributed by atoms with E-state index in [4.69, 9.17) is 4.74 Å². The van der Waals surface area contributed by atoms with Crippen LogP contribution in [0.2, 0.25) is 0 Å². The van der Waals surface area contributed by atoms with Gasteiger partial charge in [-0.05, 0) is 43.3 Å². The van der Waals surface area contributed by atoms with Crippen LogP contribution in [0.1, 0.15) is 31.1 Å². The lowest BCUT2D eigenvalue weighted by Crippen LogP contribution is -2.18. The summed E-state index contributed by atoms with van der Waals surface area (Å²) in [7, 11) is 0. The first-order valence-corrected chi connectivity index (χ1v) is 7.68. The average molecular weight is 328 g/mol. The van der Waals surface area contributed by atoms with Crippen LogP contribution in [0.5, 0.6) is 0 Å². The number of amides is 1. The van der Waals surface area contributed by atoms with E-state index in [0.29, 0.717) is 23.8 Å². The highest BCUT2D eigenvalue weighted by Gasteiger charge is 2.09. The second-order valence-electron chi connectivity index (χ2n) is 5.37. The molecule has 1 aromatic heterocycles. The predicted molar refractivity (Wildman–Crippen MR) is 91.2 cm³/mol. The molecule has 0 atom stereocenters. The Labute approximate surface area is 140 Å². The second kappa shape index (κ2) is 8.05. The molecule has 1 aromatic carbocycles. The summed E-state index contributed by atoms with van der Waals surface area (Å²) < 4.78 is 4.93. The lowest BCUT2D eigenvalue weighted by atomic mass is 10.2. The Balaban J connectivity index is 1.98. The normalized spacial score (nSPS) is 10.3. The van der Waals surface area contributed by atoms with Crippen LogP contribution >= 0.6 is 0 Å². The molecule has 0 saturated heterocycles. The molecule has 0 radical (unpaired) electrons. The van der Waals surface area contributed by atoms with Gasteiger partial charge in [-0.1, -0.05) is 13.8 Å². The van der Waals surface area contributed by atoms with Crippen LogP contribution in [0.4, 0.5) is 17.3 Å². The van der Waals surface area contributed by atoms with Crippen LogP contribution in [0.15, 0.2) is 36.4 Å². The molecule has 1 heterocycles. The number of anilines is 3. The molecular formula is C17H20N4O3. The fourth-order valence-corrected chi connectivity index (χ4v) is 1.79. The van der Waals surface area contributed by atoms with E-state index < -0.39 is 0 Å². The summed E-state index contributed by atoms with van der Waals surface area (Å²) in [4.78, 5) is 23.2. The van der Waals surface area contributed by atoms with Gasteiger partial charge in [-0.15, -0.1) is 10.2 Å². The summed E-state index contributed by atoms with van der Waals surface area (Å²) in [5, 5.41) is 13.7. The van der Waals surface area contributed by atoms with Crippen molar-refractivity contribution in [2.45, 2.75) is 20.8 Å². The smallest absolute Gasteiger partial charge is 0.338 e. The number of benzene rings is 1. The molecule has 24 heavy (non-hydrogen) atoms. The van der Waals surface area contributed by atoms with E-state index in [1.807, 2.05) is 0 Å². The Morgan fingerprint density at radius 2 is 1.67 bits per heavy atom. The van der Waals surface area contributed by atoms with Crippen molar-refractivity contribution in [3.8, 4) is 0 Å². The third-order valence-corrected chi connectivity index (χ3v) is 3.11. The van der Waals surface area contributed by atoms with Crippen molar-refractivity contribution in [3.05, 3.63) is 42.0 Å². The zero-order chi connectivity index (χ0) is 17.5. The first kappa shape index (κ1) is 17.4. The van der Waals surface area contributed by atoms with Gasteiger partial charge < -0.3 is 15.4 Å². The van der Waals surface area contributed by atoms with Gasteiger partial charge in [-0.3, -0.25) is 4.79 Å². The Bertz CT molecular complexity index is 697. The minimum Gasteiger partial charge on any atom is -0.462 e. The number of ether oxygens (including phenoxy) is 1. The zero-order valence-corrected chi connectivity index (χ0v) is 13.9. The van der Waals surface area contributed by atoms with E-state index in [-0.39, 0.29) is 17.8 Å². The van der Waals surface area contributed by atoms with Gasteiger partial charge in [-0.2, -0.15) is 0 Å². The topological polar surface area (TPSA) is 93.2 Å². The number of hydrogen-bond donors (Lipinski definition) is 2. The summed E-state index contributed by atoms with van der Waals surface area (Å²) in [6, 6.07) is 10.2. The van der Waals surface area contributed by atoms with Gasteiger partial charge in [-0.25, -0.2) is 4.79 Å². The molecule has 126 valence electrons. The molecule has 2 N–H and O–H groups in total. The number of nitrogens with zero attached hydrogens (tertiary/aromatic N) is 2. The van der Waals surface area contributed by atoms with Gasteiger partial charge in [0.1, 0.15) is 0 Å². The maximum atomic E-state index is 11.6. The Hall–Kier alpha value is -2.96. The monoisotopic (exact) mass is 328 g/mol. The van der Waals surface area contributed by atoms with Crippen molar-refractivity contribution >= 4 is 29.2 Å². The molecule has 2 aromatic rings. The maximum Gasteiger partial charge on any atom is 0.338 e. The fraction of sp³-hybridized carbons (Fsp3) is 0.294. The van der Waals surface area contributed by atoms with Gasteiger partial charge in [0.2, 0.25) is 5.91 Å². The number of hydrogen-bond acceptors (Lipinski definition) is 6. The lowest BCUT2D eigenvalue weighted by molar-refractivity contribution is -0.118. The van der Waals surface area contributed by atoms with Crippen molar-refractivity contribution in [3.63, 3.8) is 0 Å².